The number of nitrogens with two attached hydrogens (primary N) is 2. The minimum absolute atomic E-state index is 0.0257. The van der Waals surface area contributed by atoms with E-state index in [2.05, 4.69) is 34.4 Å². The standard InChI is InChI=1S/C29H51N8O17P3S/c1-16(2)9-17(11-30)10-20(39)58-8-7-32-19(38)5-6-33-27(42)24(41)29(3,4)13-51-57(48,49)54-56(46,47)50-12-18-23(53-55(43,44)45)22(40)28(52-18)37-15-36-21-25(31)34-14-35-26(21)37/h14-18,22-24,28,40-41H,5-13,30H2,1-4H3,(H,32,38)(H,33,42)(H,46,47)(H,48,49)(H2,31,34,35)(H2,43,44,45)/t17-,18?,22?,23?,24?,28?/m0/s1. The smallest absolute Gasteiger partial charge is 0.386 e. The van der Waals surface area contributed by atoms with E-state index in [1.54, 1.807) is 0 Å². The van der Waals surface area contributed by atoms with Crippen LogP contribution in [0.25, 0.3) is 11.2 Å². The average molecular weight is 909 g/mol. The third-order valence-corrected chi connectivity index (χ3v) is 12.4. The topological polar surface area (TPSA) is 390 Å². The van der Waals surface area contributed by atoms with Gasteiger partial charge in [0.15, 0.2) is 22.8 Å². The summed E-state index contributed by atoms with van der Waals surface area (Å²) < 4.78 is 62.2. The number of aliphatic hydroxyl groups is 2. The van der Waals surface area contributed by atoms with Crippen molar-refractivity contribution in [2.75, 3.05) is 44.3 Å². The molecule has 1 saturated heterocycles. The summed E-state index contributed by atoms with van der Waals surface area (Å²) in [6.07, 6.45) is -5.75. The fourth-order valence-corrected chi connectivity index (χ4v) is 9.13. The Hall–Kier alpha value is -2.48. The van der Waals surface area contributed by atoms with Crippen LogP contribution in [0.3, 0.4) is 0 Å². The minimum atomic E-state index is -5.57. The minimum Gasteiger partial charge on any atom is -0.386 e. The normalized spacial score (nSPS) is 22.0. The molecule has 1 aliphatic rings. The highest BCUT2D eigenvalue weighted by Crippen LogP contribution is 2.61. The highest BCUT2D eigenvalue weighted by molar-refractivity contribution is 8.13. The molecule has 2 amide bonds. The number of anilines is 1. The lowest BCUT2D eigenvalue weighted by Crippen LogP contribution is -2.46. The lowest BCUT2D eigenvalue weighted by atomic mass is 9.87. The van der Waals surface area contributed by atoms with Crippen LogP contribution in [0.5, 0.6) is 0 Å². The van der Waals surface area contributed by atoms with Crippen molar-refractivity contribution < 1.29 is 80.5 Å². The first-order valence-electron chi connectivity index (χ1n) is 17.6. The molecular weight excluding hydrogens is 857 g/mol. The van der Waals surface area contributed by atoms with Crippen LogP contribution in [0.15, 0.2) is 12.7 Å². The third-order valence-electron chi connectivity index (χ3n) is 8.36. The van der Waals surface area contributed by atoms with Crippen LogP contribution in [-0.2, 0) is 50.7 Å². The molecule has 2 aromatic rings. The molecule has 25 nitrogen and oxygen atoms in total. The Balaban J connectivity index is 1.46. The molecule has 3 rings (SSSR count). The number of fused-ring (bicyclic) bond motifs is 1. The zero-order chi connectivity index (χ0) is 43.6. The van der Waals surface area contributed by atoms with Gasteiger partial charge in [-0.15, -0.1) is 0 Å². The fraction of sp³-hybridized carbons (Fsp3) is 0.724. The van der Waals surface area contributed by atoms with Crippen molar-refractivity contribution in [3.8, 4) is 0 Å². The van der Waals surface area contributed by atoms with Crippen molar-refractivity contribution in [3.05, 3.63) is 12.7 Å². The van der Waals surface area contributed by atoms with E-state index >= 15 is 0 Å². The Morgan fingerprint density at radius 1 is 1.05 bits per heavy atom. The van der Waals surface area contributed by atoms with Crippen LogP contribution in [-0.4, -0.2) is 129 Å². The number of rotatable bonds is 24. The highest BCUT2D eigenvalue weighted by atomic mass is 32.2. The van der Waals surface area contributed by atoms with E-state index in [1.165, 1.54) is 13.8 Å². The van der Waals surface area contributed by atoms with Gasteiger partial charge in [-0.2, -0.15) is 4.31 Å². The van der Waals surface area contributed by atoms with Crippen LogP contribution >= 0.6 is 35.2 Å². The van der Waals surface area contributed by atoms with Gasteiger partial charge in [-0.3, -0.25) is 32.5 Å². The Morgan fingerprint density at radius 2 is 1.72 bits per heavy atom. The molecule has 8 atom stereocenters. The SMILES string of the molecule is CC(C)C[C@H](CN)CC(=O)SCCNC(=O)CCNC(=O)C(O)C(C)(C)COP(=O)(O)OP(=O)(O)OCC1OC(n2cnc3c(N)ncnc32)C(O)C1OP(=O)(O)O. The Bertz CT molecular complexity index is 1870. The van der Waals surface area contributed by atoms with E-state index in [0.717, 1.165) is 35.4 Å². The molecule has 1 fully saturated rings. The van der Waals surface area contributed by atoms with E-state index in [0.29, 0.717) is 24.6 Å². The number of ether oxygens (including phenoxy) is 1. The number of aliphatic hydroxyl groups excluding tert-OH is 2. The second kappa shape index (κ2) is 21.4. The number of aromatic nitrogens is 4. The van der Waals surface area contributed by atoms with Gasteiger partial charge in [0.1, 0.15) is 36.3 Å². The van der Waals surface area contributed by atoms with Crippen LogP contribution in [0, 0.1) is 17.3 Å². The van der Waals surface area contributed by atoms with Gasteiger partial charge in [-0.05, 0) is 24.8 Å². The predicted molar refractivity (Wildman–Crippen MR) is 204 cm³/mol. The summed E-state index contributed by atoms with van der Waals surface area (Å²) in [4.78, 5) is 88.0. The second-order valence-electron chi connectivity index (χ2n) is 14.2. The zero-order valence-electron chi connectivity index (χ0n) is 31.9. The van der Waals surface area contributed by atoms with Crippen molar-refractivity contribution in [3.63, 3.8) is 0 Å². The number of phosphoric ester groups is 3. The monoisotopic (exact) mass is 908 g/mol. The van der Waals surface area contributed by atoms with Gasteiger partial charge < -0.3 is 56.6 Å². The Kier molecular flexibility index (Phi) is 18.4. The van der Waals surface area contributed by atoms with Crippen molar-refractivity contribution in [2.45, 2.75) is 77.6 Å². The van der Waals surface area contributed by atoms with E-state index < -0.39 is 84.6 Å². The summed E-state index contributed by atoms with van der Waals surface area (Å²) in [7, 11) is -16.4. The number of imidazole rings is 1. The van der Waals surface area contributed by atoms with Crippen LogP contribution in [0.4, 0.5) is 5.82 Å². The third kappa shape index (κ3) is 15.5. The molecule has 29 heteroatoms. The highest BCUT2D eigenvalue weighted by Gasteiger charge is 2.50. The number of amides is 2. The van der Waals surface area contributed by atoms with Gasteiger partial charge in [-0.1, -0.05) is 39.5 Å². The number of phosphoric acid groups is 3. The largest absolute Gasteiger partial charge is 0.481 e. The fourth-order valence-electron chi connectivity index (χ4n) is 5.52. The molecule has 2 aromatic heterocycles. The number of nitrogen functional groups attached to an aromatic ring is 1. The van der Waals surface area contributed by atoms with Crippen molar-refractivity contribution in [1.82, 2.24) is 30.2 Å². The van der Waals surface area contributed by atoms with E-state index in [-0.39, 0.29) is 47.5 Å². The molecule has 58 heavy (non-hydrogen) atoms. The molecule has 7 unspecified atom stereocenters. The zero-order valence-corrected chi connectivity index (χ0v) is 35.4. The molecule has 0 radical (unpaired) electrons. The second-order valence-corrected chi connectivity index (χ2v) is 19.6. The molecule has 3 heterocycles. The molecular formula is C29H51N8O17P3S. The van der Waals surface area contributed by atoms with Gasteiger partial charge in [0.05, 0.1) is 19.5 Å². The van der Waals surface area contributed by atoms with Gasteiger partial charge in [0.2, 0.25) is 11.8 Å². The van der Waals surface area contributed by atoms with Gasteiger partial charge in [0.25, 0.3) is 0 Å². The van der Waals surface area contributed by atoms with Crippen molar-refractivity contribution >= 4 is 69.1 Å². The molecule has 330 valence electrons. The quantitative estimate of drug-likeness (QED) is 0.0476. The number of carbonyl (C=O) groups is 3. The van der Waals surface area contributed by atoms with Crippen LogP contribution in [0.1, 0.15) is 53.2 Å². The first kappa shape index (κ1) is 49.9. The molecule has 0 bridgehead atoms. The van der Waals surface area contributed by atoms with Gasteiger partial charge in [-0.25, -0.2) is 28.6 Å². The Morgan fingerprint density at radius 3 is 2.36 bits per heavy atom. The molecule has 0 saturated carbocycles. The summed E-state index contributed by atoms with van der Waals surface area (Å²) in [5.74, 6) is -0.621. The van der Waals surface area contributed by atoms with E-state index in [9.17, 15) is 57.9 Å². The molecule has 0 spiro atoms. The summed E-state index contributed by atoms with van der Waals surface area (Å²) in [6, 6.07) is 0. The summed E-state index contributed by atoms with van der Waals surface area (Å²) >= 11 is 1.09. The maximum Gasteiger partial charge on any atom is 0.481 e. The van der Waals surface area contributed by atoms with Gasteiger partial charge in [0, 0.05) is 37.1 Å². The van der Waals surface area contributed by atoms with E-state index in [4.69, 9.17) is 25.3 Å². The number of hydrogen-bond acceptors (Lipinski definition) is 19. The molecule has 12 N–H and O–H groups in total. The molecule has 0 aliphatic carbocycles. The van der Waals surface area contributed by atoms with E-state index in [1.807, 2.05) is 13.8 Å². The summed E-state index contributed by atoms with van der Waals surface area (Å²) in [5.41, 5.74) is 10.0. The average Bonchev–Trinajstić information content (AvgIpc) is 3.67. The number of thioether (sulfide) groups is 1. The lowest BCUT2D eigenvalue weighted by Gasteiger charge is -2.30. The maximum atomic E-state index is 12.7. The number of nitrogens with one attached hydrogen (secondary N) is 2. The maximum absolute atomic E-state index is 12.7. The van der Waals surface area contributed by atoms with Crippen LogP contribution < -0.4 is 22.1 Å². The molecule has 1 aliphatic heterocycles. The Labute approximate surface area is 336 Å². The first-order valence-corrected chi connectivity index (χ1v) is 23.1. The van der Waals surface area contributed by atoms with Gasteiger partial charge >= 0.3 is 23.5 Å². The number of hydrogen-bond donors (Lipinski definition) is 10. The first-order chi connectivity index (χ1) is 26.8. The predicted octanol–water partition coefficient (Wildman–Crippen LogP) is -0.324. The summed E-state index contributed by atoms with van der Waals surface area (Å²) in [6.45, 7) is 4.98. The number of nitrogens with zero attached hydrogens (tertiary/aromatic N) is 4. The summed E-state index contributed by atoms with van der Waals surface area (Å²) in [5, 5.41) is 26.4. The number of carbonyl (C=O) groups excluding carboxylic acids is 3. The van der Waals surface area contributed by atoms with Crippen LogP contribution in [0.2, 0.25) is 0 Å². The molecule has 0 aromatic carbocycles. The lowest BCUT2D eigenvalue weighted by molar-refractivity contribution is -0.137. The van der Waals surface area contributed by atoms with Crippen molar-refractivity contribution in [1.29, 1.82) is 0 Å². The van der Waals surface area contributed by atoms with Crippen molar-refractivity contribution in [2.24, 2.45) is 23.0 Å².